The van der Waals surface area contributed by atoms with E-state index in [-0.39, 0.29) is 0 Å². The summed E-state index contributed by atoms with van der Waals surface area (Å²) in [4.78, 5) is 12.9. The molecule has 0 aromatic heterocycles. The van der Waals surface area contributed by atoms with Gasteiger partial charge in [-0.1, -0.05) is 13.0 Å². The third-order valence-electron chi connectivity index (χ3n) is 2.75. The second-order valence-electron chi connectivity index (χ2n) is 4.22. The van der Waals surface area contributed by atoms with Gasteiger partial charge in [0.25, 0.3) is 0 Å². The van der Waals surface area contributed by atoms with Crippen molar-refractivity contribution < 1.29 is 9.90 Å². The quantitative estimate of drug-likeness (QED) is 0.849. The molecule has 0 unspecified atom stereocenters. The SMILES string of the molecule is CC[C@H](C(=O)O)N(C)c1cc(C)cc(C)c1. The van der Waals surface area contributed by atoms with E-state index in [1.807, 2.05) is 44.9 Å². The zero-order valence-electron chi connectivity index (χ0n) is 10.3. The molecule has 0 aliphatic carbocycles. The van der Waals surface area contributed by atoms with Gasteiger partial charge in [-0.2, -0.15) is 0 Å². The Morgan fingerprint density at radius 3 is 2.19 bits per heavy atom. The highest BCUT2D eigenvalue weighted by atomic mass is 16.4. The number of carboxylic acid groups (broad SMARTS) is 1. The topological polar surface area (TPSA) is 40.5 Å². The molecule has 3 nitrogen and oxygen atoms in total. The first-order chi connectivity index (χ1) is 7.45. The molecule has 0 fully saturated rings. The van der Waals surface area contributed by atoms with E-state index in [9.17, 15) is 4.79 Å². The van der Waals surface area contributed by atoms with Crippen molar-refractivity contribution in [2.45, 2.75) is 33.2 Å². The van der Waals surface area contributed by atoms with Crippen LogP contribution in [0.3, 0.4) is 0 Å². The maximum absolute atomic E-state index is 11.1. The second-order valence-corrected chi connectivity index (χ2v) is 4.22. The van der Waals surface area contributed by atoms with Gasteiger partial charge in [-0.05, 0) is 43.5 Å². The highest BCUT2D eigenvalue weighted by molar-refractivity contribution is 5.78. The molecule has 1 rings (SSSR count). The molecule has 88 valence electrons. The van der Waals surface area contributed by atoms with E-state index in [0.717, 1.165) is 16.8 Å². The minimum atomic E-state index is -0.774. The predicted octanol–water partition coefficient (Wildman–Crippen LogP) is 2.60. The zero-order valence-corrected chi connectivity index (χ0v) is 10.3. The molecule has 0 saturated carbocycles. The normalized spacial score (nSPS) is 12.2. The molecule has 0 radical (unpaired) electrons. The van der Waals surface area contributed by atoms with Gasteiger partial charge < -0.3 is 10.0 Å². The summed E-state index contributed by atoms with van der Waals surface area (Å²) in [6.07, 6.45) is 0.596. The van der Waals surface area contributed by atoms with E-state index in [1.165, 1.54) is 0 Å². The van der Waals surface area contributed by atoms with Gasteiger partial charge in [0.2, 0.25) is 0 Å². The summed E-state index contributed by atoms with van der Waals surface area (Å²) in [5, 5.41) is 9.10. The number of hydrogen-bond donors (Lipinski definition) is 1. The van der Waals surface area contributed by atoms with Gasteiger partial charge in [-0.3, -0.25) is 0 Å². The van der Waals surface area contributed by atoms with Crippen molar-refractivity contribution >= 4 is 11.7 Å². The number of likely N-dealkylation sites (N-methyl/N-ethyl adjacent to an activating group) is 1. The van der Waals surface area contributed by atoms with Gasteiger partial charge in [0.05, 0.1) is 0 Å². The van der Waals surface area contributed by atoms with Gasteiger partial charge in [0.1, 0.15) is 6.04 Å². The number of aliphatic carboxylic acids is 1. The summed E-state index contributed by atoms with van der Waals surface area (Å²) in [5.41, 5.74) is 3.27. The van der Waals surface area contributed by atoms with E-state index in [1.54, 1.807) is 0 Å². The molecule has 0 heterocycles. The van der Waals surface area contributed by atoms with E-state index >= 15 is 0 Å². The Morgan fingerprint density at radius 1 is 1.31 bits per heavy atom. The van der Waals surface area contributed by atoms with E-state index < -0.39 is 12.0 Å². The Bertz CT molecular complexity index is 367. The van der Waals surface area contributed by atoms with Crippen LogP contribution in [0.25, 0.3) is 0 Å². The number of carbonyl (C=O) groups is 1. The van der Waals surface area contributed by atoms with Crippen LogP contribution in [0.4, 0.5) is 5.69 Å². The fraction of sp³-hybridized carbons (Fsp3) is 0.462. The Kier molecular flexibility index (Phi) is 3.93. The highest BCUT2D eigenvalue weighted by Gasteiger charge is 2.20. The summed E-state index contributed by atoms with van der Waals surface area (Å²) in [6.45, 7) is 5.93. The Morgan fingerprint density at radius 2 is 1.81 bits per heavy atom. The van der Waals surface area contributed by atoms with Crippen LogP contribution in [0.1, 0.15) is 24.5 Å². The van der Waals surface area contributed by atoms with Crippen LogP contribution >= 0.6 is 0 Å². The monoisotopic (exact) mass is 221 g/mol. The average Bonchev–Trinajstić information content (AvgIpc) is 2.16. The molecule has 16 heavy (non-hydrogen) atoms. The van der Waals surface area contributed by atoms with Crippen LogP contribution in [-0.2, 0) is 4.79 Å². The fourth-order valence-corrected chi connectivity index (χ4v) is 1.95. The minimum absolute atomic E-state index is 0.457. The summed E-state index contributed by atoms with van der Waals surface area (Å²) in [5.74, 6) is -0.774. The predicted molar refractivity (Wildman–Crippen MR) is 66.0 cm³/mol. The lowest BCUT2D eigenvalue weighted by atomic mass is 10.1. The summed E-state index contributed by atoms with van der Waals surface area (Å²) in [6, 6.07) is 5.65. The van der Waals surface area contributed by atoms with Crippen LogP contribution < -0.4 is 4.90 Å². The molecule has 0 aliphatic rings. The Hall–Kier alpha value is -1.51. The zero-order chi connectivity index (χ0) is 12.3. The molecule has 1 atom stereocenters. The molecular formula is C13H19NO2. The number of rotatable bonds is 4. The number of benzene rings is 1. The minimum Gasteiger partial charge on any atom is -0.480 e. The molecule has 0 spiro atoms. The number of carboxylic acids is 1. The van der Waals surface area contributed by atoms with Gasteiger partial charge in [0, 0.05) is 12.7 Å². The van der Waals surface area contributed by atoms with E-state index in [2.05, 4.69) is 6.07 Å². The van der Waals surface area contributed by atoms with Crippen molar-refractivity contribution in [3.8, 4) is 0 Å². The van der Waals surface area contributed by atoms with Crippen molar-refractivity contribution in [1.29, 1.82) is 0 Å². The Balaban J connectivity index is 3.02. The van der Waals surface area contributed by atoms with E-state index in [4.69, 9.17) is 5.11 Å². The molecule has 1 N–H and O–H groups in total. The van der Waals surface area contributed by atoms with Gasteiger partial charge >= 0.3 is 5.97 Å². The number of hydrogen-bond acceptors (Lipinski definition) is 2. The third-order valence-corrected chi connectivity index (χ3v) is 2.75. The fourth-order valence-electron chi connectivity index (χ4n) is 1.95. The number of nitrogens with zero attached hydrogens (tertiary/aromatic N) is 1. The van der Waals surface area contributed by atoms with Gasteiger partial charge in [-0.25, -0.2) is 4.79 Å². The Labute approximate surface area is 96.7 Å². The lowest BCUT2D eigenvalue weighted by Gasteiger charge is -2.26. The number of anilines is 1. The standard InChI is InChI=1S/C13H19NO2/c1-5-12(13(15)16)14(4)11-7-9(2)6-10(3)8-11/h6-8,12H,5H2,1-4H3,(H,15,16)/t12-/m1/s1. The van der Waals surface area contributed by atoms with Crippen LogP contribution in [0.5, 0.6) is 0 Å². The van der Waals surface area contributed by atoms with Crippen molar-refractivity contribution in [2.75, 3.05) is 11.9 Å². The molecule has 3 heteroatoms. The second kappa shape index (κ2) is 5.01. The molecule has 0 bridgehead atoms. The molecule has 1 aromatic rings. The van der Waals surface area contributed by atoms with Crippen molar-refractivity contribution in [1.82, 2.24) is 0 Å². The largest absolute Gasteiger partial charge is 0.480 e. The lowest BCUT2D eigenvalue weighted by molar-refractivity contribution is -0.138. The molecule has 0 aliphatic heterocycles. The first-order valence-corrected chi connectivity index (χ1v) is 5.49. The first kappa shape index (κ1) is 12.6. The van der Waals surface area contributed by atoms with Gasteiger partial charge in [0.15, 0.2) is 0 Å². The highest BCUT2D eigenvalue weighted by Crippen LogP contribution is 2.20. The number of aryl methyl sites for hydroxylation is 2. The maximum Gasteiger partial charge on any atom is 0.326 e. The maximum atomic E-state index is 11.1. The molecular weight excluding hydrogens is 202 g/mol. The van der Waals surface area contributed by atoms with Crippen LogP contribution in [0, 0.1) is 13.8 Å². The van der Waals surface area contributed by atoms with Crippen LogP contribution in [0.15, 0.2) is 18.2 Å². The summed E-state index contributed by atoms with van der Waals surface area (Å²) in [7, 11) is 1.83. The average molecular weight is 221 g/mol. The van der Waals surface area contributed by atoms with E-state index in [0.29, 0.717) is 6.42 Å². The van der Waals surface area contributed by atoms with Crippen LogP contribution in [0.2, 0.25) is 0 Å². The lowest BCUT2D eigenvalue weighted by Crippen LogP contribution is -2.38. The summed E-state index contributed by atoms with van der Waals surface area (Å²) >= 11 is 0. The van der Waals surface area contributed by atoms with Crippen molar-refractivity contribution in [3.63, 3.8) is 0 Å². The first-order valence-electron chi connectivity index (χ1n) is 5.49. The van der Waals surface area contributed by atoms with Crippen LogP contribution in [-0.4, -0.2) is 24.2 Å². The molecule has 0 amide bonds. The third kappa shape index (κ3) is 2.75. The summed E-state index contributed by atoms with van der Waals surface area (Å²) < 4.78 is 0. The van der Waals surface area contributed by atoms with Crippen molar-refractivity contribution in [3.05, 3.63) is 29.3 Å². The molecule has 1 aromatic carbocycles. The smallest absolute Gasteiger partial charge is 0.326 e. The van der Waals surface area contributed by atoms with Gasteiger partial charge in [-0.15, -0.1) is 0 Å². The van der Waals surface area contributed by atoms with Crippen molar-refractivity contribution in [2.24, 2.45) is 0 Å². The molecule has 0 saturated heterocycles.